The molecule has 9 heteroatoms. The first kappa shape index (κ1) is 51.9. The third-order valence-electron chi connectivity index (χ3n) is 7.38. The SMILES string of the molecule is O=C(NC(COC[C]1[CH][CH][CH][CH]1)(COC[C]1[CH][CH][CH][CH]1)COC[C]1[CH][CH][CH][CH]1)OCc1ccccc1.[CH]1[CH][CH][CH][CH]1.[CH]1[CH][CH][CH][CH]1.[CH]1[CH][CH][CH][CH]1.[Fe+2].[Fe+2].[Fe+2]. The van der Waals surface area contributed by atoms with Crippen molar-refractivity contribution in [1.29, 1.82) is 0 Å². The molecule has 30 radical (unpaired) electrons. The van der Waals surface area contributed by atoms with Crippen LogP contribution >= 0.6 is 0 Å². The van der Waals surface area contributed by atoms with Crippen molar-refractivity contribution >= 4 is 6.09 Å². The van der Waals surface area contributed by atoms with E-state index in [1.807, 2.05) is 204 Å². The van der Waals surface area contributed by atoms with Gasteiger partial charge in [0.15, 0.2) is 0 Å². The van der Waals surface area contributed by atoms with E-state index in [0.29, 0.717) is 19.8 Å². The Bertz CT molecular complexity index is 873. The van der Waals surface area contributed by atoms with Gasteiger partial charge in [-0.1, -0.05) is 30.3 Å². The largest absolute Gasteiger partial charge is 2.00 e. The summed E-state index contributed by atoms with van der Waals surface area (Å²) in [5, 5.41) is 3.00. The number of hydrogen-bond donors (Lipinski definition) is 1. The van der Waals surface area contributed by atoms with E-state index in [1.54, 1.807) is 0 Å². The minimum absolute atomic E-state index is 0. The molecule has 0 heterocycles. The van der Waals surface area contributed by atoms with Crippen LogP contribution in [0.25, 0.3) is 0 Å². The summed E-state index contributed by atoms with van der Waals surface area (Å²) < 4.78 is 23.7. The van der Waals surface area contributed by atoms with Gasteiger partial charge in [-0.05, 0) is 179 Å². The summed E-state index contributed by atoms with van der Waals surface area (Å²) in [6, 6.07) is 9.57. The fourth-order valence-corrected chi connectivity index (χ4v) is 4.79. The van der Waals surface area contributed by atoms with Gasteiger partial charge >= 0.3 is 57.3 Å². The van der Waals surface area contributed by atoms with Crippen LogP contribution in [0, 0.1) is 191 Å². The van der Waals surface area contributed by atoms with Crippen LogP contribution in [0.2, 0.25) is 0 Å². The van der Waals surface area contributed by atoms with E-state index in [0.717, 1.165) is 23.3 Å². The van der Waals surface area contributed by atoms with Gasteiger partial charge in [-0.15, -0.1) is 0 Å². The van der Waals surface area contributed by atoms with Crippen molar-refractivity contribution in [2.75, 3.05) is 39.6 Å². The zero-order valence-electron chi connectivity index (χ0n) is 30.0. The molecular weight excluding hydrogens is 802 g/mol. The topological polar surface area (TPSA) is 66.0 Å². The molecule has 6 fully saturated rings. The zero-order chi connectivity index (χ0) is 35.5. The summed E-state index contributed by atoms with van der Waals surface area (Å²) in [6.45, 7) is 2.01. The Labute approximate surface area is 363 Å². The second-order valence-electron chi connectivity index (χ2n) is 11.7. The number of hydrogen-bond acceptors (Lipinski definition) is 5. The van der Waals surface area contributed by atoms with Gasteiger partial charge in [0.1, 0.15) is 12.1 Å². The van der Waals surface area contributed by atoms with Crippen LogP contribution in [0.5, 0.6) is 0 Å². The minimum Gasteiger partial charge on any atom is -0.445 e. The summed E-state index contributed by atoms with van der Waals surface area (Å²) in [5.41, 5.74) is -0.0369. The molecule has 0 bridgehead atoms. The molecule has 6 aliphatic carbocycles. The normalized spacial score (nSPS) is 19.9. The molecule has 1 N–H and O–H groups in total. The van der Waals surface area contributed by atoms with Crippen LogP contribution in [0.15, 0.2) is 30.3 Å². The maximum Gasteiger partial charge on any atom is 2.00 e. The van der Waals surface area contributed by atoms with E-state index < -0.39 is 11.6 Å². The van der Waals surface area contributed by atoms with Crippen molar-refractivity contribution in [3.05, 3.63) is 227 Å². The molecule has 6 nitrogen and oxygen atoms in total. The first-order valence-electron chi connectivity index (χ1n) is 17.0. The van der Waals surface area contributed by atoms with Crippen molar-refractivity contribution in [3.8, 4) is 0 Å². The fraction of sp³-hybridized carbons (Fsp3) is 0.178. The van der Waals surface area contributed by atoms with Crippen molar-refractivity contribution in [3.63, 3.8) is 0 Å². The second-order valence-corrected chi connectivity index (χ2v) is 11.7. The van der Waals surface area contributed by atoms with Crippen LogP contribution in [-0.4, -0.2) is 51.3 Å². The Morgan fingerprint density at radius 2 is 0.722 bits per heavy atom. The number of benzene rings is 1. The molecule has 0 spiro atoms. The summed E-state index contributed by atoms with van der Waals surface area (Å²) in [7, 11) is 0. The van der Waals surface area contributed by atoms with Gasteiger partial charge in [0.25, 0.3) is 0 Å². The molecule has 280 valence electrons. The van der Waals surface area contributed by atoms with E-state index >= 15 is 0 Å². The van der Waals surface area contributed by atoms with Crippen LogP contribution in [0.4, 0.5) is 4.79 Å². The monoisotopic (exact) mass is 849 g/mol. The molecule has 54 heavy (non-hydrogen) atoms. The smallest absolute Gasteiger partial charge is 0.445 e. The van der Waals surface area contributed by atoms with Crippen LogP contribution in [-0.2, 0) is 76.8 Å². The quantitative estimate of drug-likeness (QED) is 0.193. The van der Waals surface area contributed by atoms with Gasteiger partial charge in [0.2, 0.25) is 0 Å². The van der Waals surface area contributed by atoms with Crippen LogP contribution in [0.3, 0.4) is 0 Å². The molecule has 0 aliphatic heterocycles. The molecule has 0 saturated heterocycles. The molecule has 0 unspecified atom stereocenters. The zero-order valence-corrected chi connectivity index (χ0v) is 33.3. The van der Waals surface area contributed by atoms with Gasteiger partial charge < -0.3 is 24.3 Å². The van der Waals surface area contributed by atoms with Crippen molar-refractivity contribution in [1.82, 2.24) is 5.32 Å². The molecule has 6 aliphatic rings. The number of rotatable bonds is 15. The van der Waals surface area contributed by atoms with Crippen molar-refractivity contribution < 1.29 is 74.9 Å². The Morgan fingerprint density at radius 1 is 0.426 bits per heavy atom. The van der Waals surface area contributed by atoms with Crippen LogP contribution in [0.1, 0.15) is 5.56 Å². The van der Waals surface area contributed by atoms with Gasteiger partial charge in [-0.25, -0.2) is 4.79 Å². The number of alkyl carbamates (subject to hydrolysis) is 1. The maximum absolute atomic E-state index is 12.9. The van der Waals surface area contributed by atoms with Crippen LogP contribution < -0.4 is 5.32 Å². The first-order valence-corrected chi connectivity index (χ1v) is 17.0. The second kappa shape index (κ2) is 33.9. The Kier molecular flexibility index (Phi) is 32.6. The average molecular weight is 849 g/mol. The standard InChI is InChI=1S/C30H32NO5.3C5H5.3Fe/c32-29(36-21-28-10-2-1-3-11-28)31-30(22-33-18-25-12-4-5-13-25,23-34-19-26-14-6-7-15-26)24-35-20-27-16-8-9-17-27;3*1-2-4-5-3-1;;;/h1-17H,18-24H2,(H,31,32);3*1-5H;;;/q;;;;3*+2. The molecule has 0 aromatic heterocycles. The summed E-state index contributed by atoms with van der Waals surface area (Å²) in [5.74, 6) is 3.18. The number of carbonyl (C=O) groups is 1. The molecule has 0 atom stereocenters. The minimum atomic E-state index is -0.945. The molecule has 6 saturated carbocycles. The molecule has 1 amide bonds. The third-order valence-corrected chi connectivity index (χ3v) is 7.38. The van der Waals surface area contributed by atoms with E-state index in [1.165, 1.54) is 0 Å². The summed E-state index contributed by atoms with van der Waals surface area (Å²) in [4.78, 5) is 12.9. The fourth-order valence-electron chi connectivity index (χ4n) is 4.79. The van der Waals surface area contributed by atoms with E-state index in [4.69, 9.17) is 18.9 Å². The van der Waals surface area contributed by atoms with Gasteiger partial charge in [-0.3, -0.25) is 0 Å². The number of nitrogens with one attached hydrogen (secondary N) is 1. The molecule has 1 aromatic rings. The summed E-state index contributed by atoms with van der Waals surface area (Å²) >= 11 is 0. The van der Waals surface area contributed by atoms with E-state index in [-0.39, 0.29) is 77.6 Å². The molecular formula is C45H47Fe3NO5+6. The van der Waals surface area contributed by atoms with Crippen molar-refractivity contribution in [2.24, 2.45) is 0 Å². The molecule has 1 aromatic carbocycles. The predicted molar refractivity (Wildman–Crippen MR) is 201 cm³/mol. The Balaban J connectivity index is 0.000000668. The maximum atomic E-state index is 12.9. The number of amides is 1. The van der Waals surface area contributed by atoms with E-state index in [2.05, 4.69) is 5.32 Å². The van der Waals surface area contributed by atoms with E-state index in [9.17, 15) is 4.79 Å². The van der Waals surface area contributed by atoms with Gasteiger partial charge in [0.05, 0.1) is 39.6 Å². The number of ether oxygens (including phenoxy) is 4. The number of carbonyl (C=O) groups excluding carboxylic acids is 1. The first-order chi connectivity index (χ1) is 25.2. The third kappa shape index (κ3) is 24.0. The summed E-state index contributed by atoms with van der Waals surface area (Å²) in [6.07, 6.45) is 53.3. The van der Waals surface area contributed by atoms with Gasteiger partial charge in [0, 0.05) is 17.8 Å². The Morgan fingerprint density at radius 3 is 1.02 bits per heavy atom. The van der Waals surface area contributed by atoms with Gasteiger partial charge in [-0.2, -0.15) is 0 Å². The Hall–Kier alpha value is -0.0716. The molecule has 7 rings (SSSR count). The predicted octanol–water partition coefficient (Wildman–Crippen LogP) is 6.97. The van der Waals surface area contributed by atoms with Crippen molar-refractivity contribution in [2.45, 2.75) is 12.1 Å². The average Bonchev–Trinajstić information content (AvgIpc) is 4.00.